The minimum atomic E-state index is 0.622. The van der Waals surface area contributed by atoms with Gasteiger partial charge in [-0.25, -0.2) is 0 Å². The minimum Gasteiger partial charge on any atom is -0.399 e. The third kappa shape index (κ3) is 2.23. The van der Waals surface area contributed by atoms with Crippen LogP contribution in [0.2, 0.25) is 0 Å². The molecule has 0 spiro atoms. The van der Waals surface area contributed by atoms with Crippen molar-refractivity contribution in [3.8, 4) is 0 Å². The molecule has 2 rings (SSSR count). The van der Waals surface area contributed by atoms with Crippen LogP contribution in [-0.4, -0.2) is 38.1 Å². The van der Waals surface area contributed by atoms with Gasteiger partial charge >= 0.3 is 0 Å². The largest absolute Gasteiger partial charge is 0.399 e. The summed E-state index contributed by atoms with van der Waals surface area (Å²) in [6.07, 6.45) is 1.24. The fourth-order valence-electron chi connectivity index (χ4n) is 2.18. The molecule has 1 aliphatic heterocycles. The lowest BCUT2D eigenvalue weighted by molar-refractivity contribution is 0.409. The van der Waals surface area contributed by atoms with Crippen LogP contribution in [0.25, 0.3) is 0 Å². The highest BCUT2D eigenvalue weighted by Crippen LogP contribution is 2.22. The third-order valence-electron chi connectivity index (χ3n) is 3.19. The number of likely N-dealkylation sites (tertiary alicyclic amines) is 1. The van der Waals surface area contributed by atoms with Gasteiger partial charge in [-0.3, -0.25) is 0 Å². The number of nitrogen functional groups attached to an aromatic ring is 1. The topological polar surface area (TPSA) is 32.5 Å². The first kappa shape index (κ1) is 10.3. The Balaban J connectivity index is 2.10. The molecule has 1 fully saturated rings. The van der Waals surface area contributed by atoms with E-state index in [-0.39, 0.29) is 0 Å². The number of hydrogen-bond donors (Lipinski definition) is 1. The fourth-order valence-corrected chi connectivity index (χ4v) is 2.18. The van der Waals surface area contributed by atoms with E-state index in [0.717, 1.165) is 12.2 Å². The van der Waals surface area contributed by atoms with E-state index in [4.69, 9.17) is 5.73 Å². The second-order valence-electron chi connectivity index (χ2n) is 4.41. The molecule has 1 atom stereocenters. The molecule has 3 nitrogen and oxygen atoms in total. The van der Waals surface area contributed by atoms with E-state index >= 15 is 0 Å². The van der Waals surface area contributed by atoms with Crippen LogP contribution < -0.4 is 10.6 Å². The molecule has 0 aromatic heterocycles. The first-order valence-corrected chi connectivity index (χ1v) is 5.44. The molecular weight excluding hydrogens is 186 g/mol. The van der Waals surface area contributed by atoms with Crippen LogP contribution in [0, 0.1) is 0 Å². The van der Waals surface area contributed by atoms with Crippen molar-refractivity contribution in [2.45, 2.75) is 12.5 Å². The van der Waals surface area contributed by atoms with Gasteiger partial charge in [-0.15, -0.1) is 0 Å². The van der Waals surface area contributed by atoms with Crippen LogP contribution in [0.5, 0.6) is 0 Å². The van der Waals surface area contributed by atoms with Gasteiger partial charge in [0.25, 0.3) is 0 Å². The van der Waals surface area contributed by atoms with Gasteiger partial charge in [0, 0.05) is 31.0 Å². The van der Waals surface area contributed by atoms with E-state index in [1.165, 1.54) is 18.7 Å². The molecule has 0 radical (unpaired) electrons. The van der Waals surface area contributed by atoms with Crippen LogP contribution in [-0.2, 0) is 0 Å². The Kier molecular flexibility index (Phi) is 2.82. The van der Waals surface area contributed by atoms with Crippen molar-refractivity contribution in [1.29, 1.82) is 0 Å². The predicted octanol–water partition coefficient (Wildman–Crippen LogP) is 1.41. The number of rotatable bonds is 2. The number of nitrogens with two attached hydrogens (primary N) is 1. The summed E-state index contributed by atoms with van der Waals surface area (Å²) in [5.74, 6) is 0. The first-order chi connectivity index (χ1) is 7.16. The average Bonchev–Trinajstić information content (AvgIpc) is 2.64. The number of benzene rings is 1. The molecule has 1 unspecified atom stereocenters. The zero-order chi connectivity index (χ0) is 10.8. The Morgan fingerprint density at radius 2 is 2.27 bits per heavy atom. The van der Waals surface area contributed by atoms with Crippen molar-refractivity contribution in [2.24, 2.45) is 0 Å². The van der Waals surface area contributed by atoms with E-state index in [9.17, 15) is 0 Å². The molecule has 1 aliphatic rings. The van der Waals surface area contributed by atoms with Crippen molar-refractivity contribution in [3.05, 3.63) is 24.3 Å². The fraction of sp³-hybridized carbons (Fsp3) is 0.500. The summed E-state index contributed by atoms with van der Waals surface area (Å²) in [4.78, 5) is 4.70. The van der Waals surface area contributed by atoms with Gasteiger partial charge in [0.2, 0.25) is 0 Å². The molecule has 1 aromatic rings. The normalized spacial score (nSPS) is 21.9. The molecule has 1 aromatic carbocycles. The van der Waals surface area contributed by atoms with Crippen LogP contribution >= 0.6 is 0 Å². The number of nitrogens with zero attached hydrogens (tertiary/aromatic N) is 2. The van der Waals surface area contributed by atoms with Gasteiger partial charge in [-0.2, -0.15) is 0 Å². The van der Waals surface area contributed by atoms with E-state index in [1.54, 1.807) is 0 Å². The molecule has 0 aliphatic carbocycles. The van der Waals surface area contributed by atoms with E-state index < -0.39 is 0 Å². The third-order valence-corrected chi connectivity index (χ3v) is 3.19. The monoisotopic (exact) mass is 205 g/mol. The molecule has 2 N–H and O–H groups in total. The van der Waals surface area contributed by atoms with Crippen molar-refractivity contribution in [1.82, 2.24) is 4.90 Å². The Morgan fingerprint density at radius 1 is 1.47 bits per heavy atom. The van der Waals surface area contributed by atoms with Gasteiger partial charge in [-0.1, -0.05) is 6.07 Å². The first-order valence-electron chi connectivity index (χ1n) is 5.44. The molecule has 0 amide bonds. The summed E-state index contributed by atoms with van der Waals surface area (Å²) in [6, 6.07) is 8.72. The summed E-state index contributed by atoms with van der Waals surface area (Å²) < 4.78 is 0. The zero-order valence-corrected chi connectivity index (χ0v) is 9.48. The van der Waals surface area contributed by atoms with E-state index in [2.05, 4.69) is 30.0 Å². The Bertz CT molecular complexity index is 337. The summed E-state index contributed by atoms with van der Waals surface area (Å²) in [7, 11) is 4.33. The van der Waals surface area contributed by atoms with Crippen LogP contribution in [0.4, 0.5) is 11.4 Å². The Morgan fingerprint density at radius 3 is 2.87 bits per heavy atom. The summed E-state index contributed by atoms with van der Waals surface area (Å²) in [5, 5.41) is 0. The molecule has 1 heterocycles. The van der Waals surface area contributed by atoms with Gasteiger partial charge in [0.1, 0.15) is 0 Å². The highest BCUT2D eigenvalue weighted by Gasteiger charge is 2.23. The maximum atomic E-state index is 5.79. The average molecular weight is 205 g/mol. The SMILES string of the molecule is CN1CCC(N(C)c2cccc(N)c2)C1. The van der Waals surface area contributed by atoms with Gasteiger partial charge in [-0.05, 0) is 38.2 Å². The molecule has 82 valence electrons. The quantitative estimate of drug-likeness (QED) is 0.741. The molecule has 1 saturated heterocycles. The lowest BCUT2D eigenvalue weighted by atomic mass is 10.2. The summed E-state index contributed by atoms with van der Waals surface area (Å²) >= 11 is 0. The smallest absolute Gasteiger partial charge is 0.0425 e. The zero-order valence-electron chi connectivity index (χ0n) is 9.48. The predicted molar refractivity (Wildman–Crippen MR) is 65.2 cm³/mol. The van der Waals surface area contributed by atoms with Gasteiger partial charge < -0.3 is 15.5 Å². The Labute approximate surface area is 91.5 Å². The maximum absolute atomic E-state index is 5.79. The number of hydrogen-bond acceptors (Lipinski definition) is 3. The van der Waals surface area contributed by atoms with Crippen LogP contribution in [0.3, 0.4) is 0 Å². The summed E-state index contributed by atoms with van der Waals surface area (Å²) in [5.41, 5.74) is 7.84. The van der Waals surface area contributed by atoms with Crippen molar-refractivity contribution < 1.29 is 0 Å². The van der Waals surface area contributed by atoms with Gasteiger partial charge in [0.05, 0.1) is 0 Å². The highest BCUT2D eigenvalue weighted by molar-refractivity contribution is 5.56. The molecule has 0 bridgehead atoms. The van der Waals surface area contributed by atoms with Crippen molar-refractivity contribution >= 4 is 11.4 Å². The summed E-state index contributed by atoms with van der Waals surface area (Å²) in [6.45, 7) is 2.34. The molecule has 3 heteroatoms. The highest BCUT2D eigenvalue weighted by atomic mass is 15.2. The van der Waals surface area contributed by atoms with E-state index in [1.807, 2.05) is 18.2 Å². The number of anilines is 2. The standard InChI is InChI=1S/C12H19N3/c1-14-7-6-12(9-14)15(2)11-5-3-4-10(13)8-11/h3-5,8,12H,6-7,9,13H2,1-2H3. The van der Waals surface area contributed by atoms with Gasteiger partial charge in [0.15, 0.2) is 0 Å². The lowest BCUT2D eigenvalue weighted by Gasteiger charge is -2.26. The van der Waals surface area contributed by atoms with E-state index in [0.29, 0.717) is 6.04 Å². The second kappa shape index (κ2) is 4.11. The Hall–Kier alpha value is -1.22. The molecule has 0 saturated carbocycles. The molecular formula is C12H19N3. The second-order valence-corrected chi connectivity index (χ2v) is 4.41. The van der Waals surface area contributed by atoms with Crippen LogP contribution in [0.15, 0.2) is 24.3 Å². The van der Waals surface area contributed by atoms with Crippen molar-refractivity contribution in [3.63, 3.8) is 0 Å². The van der Waals surface area contributed by atoms with Crippen molar-refractivity contribution in [2.75, 3.05) is 37.8 Å². The molecule has 15 heavy (non-hydrogen) atoms. The van der Waals surface area contributed by atoms with Crippen LogP contribution in [0.1, 0.15) is 6.42 Å². The maximum Gasteiger partial charge on any atom is 0.0425 e. The number of likely N-dealkylation sites (N-methyl/N-ethyl adjacent to an activating group) is 2. The lowest BCUT2D eigenvalue weighted by Crippen LogP contribution is -2.33. The minimum absolute atomic E-state index is 0.622.